The van der Waals surface area contributed by atoms with Crippen LogP contribution in [0.4, 0.5) is 11.4 Å². The standard InChI is InChI=1S/C42H32N2O6/c45-39-27-9-1-3-11-29(27)41(49-39)31-15-13-25(43-17-5-6-18-43)21-35(31)47-37-24-38-34(23-33(37)41)42(30-12-4-2-10-28(30)40(46)50-42)32-16-14-26(22-36(32)48-38)44-19-7-8-20-44/h1-4,9-16,21-24H,5-8,17-20H2. The summed E-state index contributed by atoms with van der Waals surface area (Å²) >= 11 is 0. The molecule has 0 radical (unpaired) electrons. The second-order valence-corrected chi connectivity index (χ2v) is 14.0. The minimum atomic E-state index is -1.29. The molecule has 5 aromatic carbocycles. The lowest BCUT2D eigenvalue weighted by molar-refractivity contribution is 0.0208. The van der Waals surface area contributed by atoms with Crippen molar-refractivity contribution < 1.29 is 28.5 Å². The average molecular weight is 661 g/mol. The van der Waals surface area contributed by atoms with Crippen LogP contribution in [0, 0.1) is 0 Å². The van der Waals surface area contributed by atoms with Crippen LogP contribution in [0.25, 0.3) is 0 Å². The SMILES string of the molecule is O=C1OC2(c3ccc(N4CCCC4)cc3Oc3cc4c(cc32)C2(OC(=O)c3ccccc32)c2ccc(N3CCCC3)cc2O4)c2ccccc21. The van der Waals surface area contributed by atoms with Crippen LogP contribution in [0.15, 0.2) is 97.1 Å². The van der Waals surface area contributed by atoms with Crippen molar-refractivity contribution in [1.82, 2.24) is 0 Å². The van der Waals surface area contributed by atoms with Crippen LogP contribution >= 0.6 is 0 Å². The van der Waals surface area contributed by atoms with Gasteiger partial charge in [0.25, 0.3) is 0 Å². The van der Waals surface area contributed by atoms with Gasteiger partial charge in [0.2, 0.25) is 0 Å². The molecule has 6 aliphatic rings. The Balaban J connectivity index is 1.17. The Labute approximate surface area is 288 Å². The van der Waals surface area contributed by atoms with Gasteiger partial charge in [-0.05, 0) is 68.1 Å². The van der Waals surface area contributed by atoms with E-state index >= 15 is 0 Å². The van der Waals surface area contributed by atoms with Gasteiger partial charge in [-0.15, -0.1) is 0 Å². The van der Waals surface area contributed by atoms with Crippen molar-refractivity contribution in [2.75, 3.05) is 36.0 Å². The normalized spacial score (nSPS) is 23.4. The molecular formula is C42H32N2O6. The first kappa shape index (κ1) is 28.1. The Hall–Kier alpha value is -5.76. The largest absolute Gasteiger partial charge is 0.456 e. The molecule has 6 aliphatic heterocycles. The van der Waals surface area contributed by atoms with E-state index in [0.29, 0.717) is 45.3 Å². The molecule has 2 unspecified atom stereocenters. The molecule has 0 bridgehead atoms. The molecule has 6 heterocycles. The predicted octanol–water partition coefficient (Wildman–Crippen LogP) is 8.02. The molecule has 2 fully saturated rings. The summed E-state index contributed by atoms with van der Waals surface area (Å²) in [6.07, 6.45) is 4.59. The Bertz CT molecular complexity index is 2160. The van der Waals surface area contributed by atoms with Crippen LogP contribution in [0.5, 0.6) is 23.0 Å². The van der Waals surface area contributed by atoms with E-state index in [1.165, 1.54) is 0 Å². The highest BCUT2D eigenvalue weighted by Crippen LogP contribution is 2.62. The zero-order valence-electron chi connectivity index (χ0n) is 27.2. The van der Waals surface area contributed by atoms with Crippen molar-refractivity contribution in [2.24, 2.45) is 0 Å². The van der Waals surface area contributed by atoms with E-state index in [0.717, 1.165) is 85.5 Å². The van der Waals surface area contributed by atoms with Gasteiger partial charge in [0.05, 0.1) is 11.1 Å². The molecule has 2 saturated heterocycles. The van der Waals surface area contributed by atoms with Gasteiger partial charge in [-0.2, -0.15) is 0 Å². The van der Waals surface area contributed by atoms with E-state index in [-0.39, 0.29) is 0 Å². The molecule has 8 nitrogen and oxygen atoms in total. The first-order chi connectivity index (χ1) is 24.5. The molecule has 2 spiro atoms. The van der Waals surface area contributed by atoms with E-state index in [1.54, 1.807) is 0 Å². The Morgan fingerprint density at radius 3 is 1.32 bits per heavy atom. The van der Waals surface area contributed by atoms with Crippen molar-refractivity contribution in [3.05, 3.63) is 142 Å². The fraction of sp³-hybridized carbons (Fsp3) is 0.238. The van der Waals surface area contributed by atoms with Gasteiger partial charge in [0, 0.05) is 89.1 Å². The van der Waals surface area contributed by atoms with Crippen molar-refractivity contribution in [2.45, 2.75) is 36.9 Å². The lowest BCUT2D eigenvalue weighted by Crippen LogP contribution is -2.36. The molecular weight excluding hydrogens is 628 g/mol. The van der Waals surface area contributed by atoms with Crippen molar-refractivity contribution >= 4 is 23.3 Å². The van der Waals surface area contributed by atoms with Gasteiger partial charge in [-0.25, -0.2) is 9.59 Å². The molecule has 5 aromatic rings. The van der Waals surface area contributed by atoms with Gasteiger partial charge in [-0.3, -0.25) is 0 Å². The van der Waals surface area contributed by atoms with Crippen molar-refractivity contribution in [3.63, 3.8) is 0 Å². The number of carbonyl (C=O) groups excluding carboxylic acids is 2. The van der Waals surface area contributed by atoms with Crippen molar-refractivity contribution in [3.8, 4) is 23.0 Å². The van der Waals surface area contributed by atoms with E-state index < -0.39 is 23.1 Å². The highest BCUT2D eigenvalue weighted by molar-refractivity contribution is 5.98. The summed E-state index contributed by atoms with van der Waals surface area (Å²) in [6.45, 7) is 3.95. The van der Waals surface area contributed by atoms with Crippen LogP contribution in [0.3, 0.4) is 0 Å². The Kier molecular flexibility index (Phi) is 5.57. The monoisotopic (exact) mass is 660 g/mol. The fourth-order valence-corrected chi connectivity index (χ4v) is 9.16. The number of anilines is 2. The van der Waals surface area contributed by atoms with Gasteiger partial charge in [0.1, 0.15) is 23.0 Å². The highest BCUT2D eigenvalue weighted by Gasteiger charge is 2.58. The quantitative estimate of drug-likeness (QED) is 0.176. The topological polar surface area (TPSA) is 77.5 Å². The zero-order chi connectivity index (χ0) is 33.2. The number of nitrogens with zero attached hydrogens (tertiary/aromatic N) is 2. The summed E-state index contributed by atoms with van der Waals surface area (Å²) in [7, 11) is 0. The van der Waals surface area contributed by atoms with Crippen LogP contribution in [-0.4, -0.2) is 38.1 Å². The third kappa shape index (κ3) is 3.55. The number of ether oxygens (including phenoxy) is 4. The maximum absolute atomic E-state index is 13.7. The summed E-state index contributed by atoms with van der Waals surface area (Å²) in [6, 6.07) is 31.4. The summed E-state index contributed by atoms with van der Waals surface area (Å²) in [4.78, 5) is 32.2. The molecule has 0 amide bonds. The minimum absolute atomic E-state index is 0.399. The number of carbonyl (C=O) groups is 2. The van der Waals surface area contributed by atoms with Crippen LogP contribution < -0.4 is 19.3 Å². The Morgan fingerprint density at radius 2 is 0.860 bits per heavy atom. The van der Waals surface area contributed by atoms with Crippen LogP contribution in [0.2, 0.25) is 0 Å². The number of fused-ring (bicyclic) bond motifs is 12. The van der Waals surface area contributed by atoms with Gasteiger partial charge >= 0.3 is 11.9 Å². The van der Waals surface area contributed by atoms with Crippen LogP contribution in [0.1, 0.15) is 79.8 Å². The molecule has 50 heavy (non-hydrogen) atoms. The second kappa shape index (κ2) is 9.91. The molecule has 0 saturated carbocycles. The zero-order valence-corrected chi connectivity index (χ0v) is 27.2. The van der Waals surface area contributed by atoms with Crippen LogP contribution in [-0.2, 0) is 20.7 Å². The average Bonchev–Trinajstić information content (AvgIpc) is 3.97. The van der Waals surface area contributed by atoms with Crippen molar-refractivity contribution in [1.29, 1.82) is 0 Å². The first-order valence-electron chi connectivity index (χ1n) is 17.5. The first-order valence-corrected chi connectivity index (χ1v) is 17.5. The van der Waals surface area contributed by atoms with E-state index in [1.807, 2.05) is 72.8 Å². The number of rotatable bonds is 2. The third-order valence-corrected chi connectivity index (χ3v) is 11.5. The molecule has 0 N–H and O–H groups in total. The summed E-state index contributed by atoms with van der Waals surface area (Å²) in [5.74, 6) is 1.50. The van der Waals surface area contributed by atoms with E-state index in [2.05, 4.69) is 34.1 Å². The predicted molar refractivity (Wildman–Crippen MR) is 186 cm³/mol. The number of benzene rings is 5. The molecule has 246 valence electrons. The smallest absolute Gasteiger partial charge is 0.340 e. The highest BCUT2D eigenvalue weighted by atomic mass is 16.6. The molecule has 2 atom stereocenters. The van der Waals surface area contributed by atoms with Gasteiger partial charge < -0.3 is 28.7 Å². The molecule has 11 rings (SSSR count). The summed E-state index contributed by atoms with van der Waals surface area (Å²) in [5.41, 5.74) is 4.86. The summed E-state index contributed by atoms with van der Waals surface area (Å²) in [5, 5.41) is 0. The molecule has 0 aliphatic carbocycles. The molecule has 8 heteroatoms. The number of hydrogen-bond acceptors (Lipinski definition) is 8. The Morgan fingerprint density at radius 1 is 0.440 bits per heavy atom. The molecule has 0 aromatic heterocycles. The van der Waals surface area contributed by atoms with Gasteiger partial charge in [0.15, 0.2) is 11.2 Å². The fourth-order valence-electron chi connectivity index (χ4n) is 9.16. The minimum Gasteiger partial charge on any atom is -0.456 e. The number of esters is 2. The lowest BCUT2D eigenvalue weighted by atomic mass is 9.73. The van der Waals surface area contributed by atoms with E-state index in [9.17, 15) is 9.59 Å². The number of hydrogen-bond donors (Lipinski definition) is 0. The second-order valence-electron chi connectivity index (χ2n) is 14.0. The summed E-state index contributed by atoms with van der Waals surface area (Å²) < 4.78 is 26.7. The van der Waals surface area contributed by atoms with E-state index in [4.69, 9.17) is 18.9 Å². The third-order valence-electron chi connectivity index (χ3n) is 11.5. The van der Waals surface area contributed by atoms with Gasteiger partial charge in [-0.1, -0.05) is 36.4 Å². The maximum Gasteiger partial charge on any atom is 0.340 e. The lowest BCUT2D eigenvalue weighted by Gasteiger charge is -2.41. The maximum atomic E-state index is 13.7.